The first-order valence-corrected chi connectivity index (χ1v) is 11.6. The molecular weight excluding hydrogens is 468 g/mol. The van der Waals surface area contributed by atoms with Gasteiger partial charge in [0.2, 0.25) is 11.8 Å². The van der Waals surface area contributed by atoms with Crippen LogP contribution in [-0.4, -0.2) is 66.4 Å². The van der Waals surface area contributed by atoms with Crippen molar-refractivity contribution in [2.75, 3.05) is 32.0 Å². The highest BCUT2D eigenvalue weighted by Gasteiger charge is 2.24. The van der Waals surface area contributed by atoms with Crippen molar-refractivity contribution < 1.29 is 24.3 Å². The van der Waals surface area contributed by atoms with E-state index in [2.05, 4.69) is 27.9 Å². The zero-order valence-corrected chi connectivity index (χ0v) is 19.6. The standard InChI is InChI=1S/C22H25ClN4O5S/c1-27-8-6-13-2-3-15(10-14(13)7-9-27)25-21(31)16(12-24-19(28)11-20(29)30)26-22(32)17-4-5-18(23)33-17/h2-5,10,16H,6-9,11-12H2,1H3,(H,24,28)(H,25,31)(H,26,32)(H,29,30)/t16-/m1/s1. The first kappa shape index (κ1) is 24.7. The van der Waals surface area contributed by atoms with Gasteiger partial charge in [-0.1, -0.05) is 17.7 Å². The number of halogens is 1. The molecule has 0 spiro atoms. The zero-order chi connectivity index (χ0) is 24.0. The lowest BCUT2D eigenvalue weighted by molar-refractivity contribution is -0.140. The van der Waals surface area contributed by atoms with Gasteiger partial charge in [0.15, 0.2) is 0 Å². The van der Waals surface area contributed by atoms with Crippen LogP contribution in [0.25, 0.3) is 0 Å². The van der Waals surface area contributed by atoms with Gasteiger partial charge in [-0.25, -0.2) is 0 Å². The zero-order valence-electron chi connectivity index (χ0n) is 18.0. The Balaban J connectivity index is 1.71. The number of hydrogen-bond acceptors (Lipinski definition) is 6. The summed E-state index contributed by atoms with van der Waals surface area (Å²) >= 11 is 6.94. The number of carboxylic acids is 1. The van der Waals surface area contributed by atoms with Crippen LogP contribution >= 0.6 is 22.9 Å². The second kappa shape index (κ2) is 11.3. The number of hydrogen-bond donors (Lipinski definition) is 4. The summed E-state index contributed by atoms with van der Waals surface area (Å²) in [7, 11) is 2.07. The summed E-state index contributed by atoms with van der Waals surface area (Å²) in [4.78, 5) is 50.6. The molecule has 4 N–H and O–H groups in total. The van der Waals surface area contributed by atoms with Crippen LogP contribution in [0.2, 0.25) is 4.34 Å². The smallest absolute Gasteiger partial charge is 0.312 e. The van der Waals surface area contributed by atoms with E-state index in [1.54, 1.807) is 6.07 Å². The van der Waals surface area contributed by atoms with E-state index in [0.29, 0.717) is 14.9 Å². The van der Waals surface area contributed by atoms with E-state index in [1.807, 2.05) is 18.2 Å². The topological polar surface area (TPSA) is 128 Å². The minimum absolute atomic E-state index is 0.265. The van der Waals surface area contributed by atoms with E-state index in [-0.39, 0.29) is 6.54 Å². The van der Waals surface area contributed by atoms with Crippen LogP contribution < -0.4 is 16.0 Å². The Labute approximate surface area is 200 Å². The lowest BCUT2D eigenvalue weighted by Crippen LogP contribution is -2.50. The van der Waals surface area contributed by atoms with Gasteiger partial charge in [0.1, 0.15) is 12.5 Å². The summed E-state index contributed by atoms with van der Waals surface area (Å²) in [5.74, 6) is -3.11. The molecule has 9 nitrogen and oxygen atoms in total. The van der Waals surface area contributed by atoms with Crippen molar-refractivity contribution in [3.8, 4) is 0 Å². The van der Waals surface area contributed by atoms with Gasteiger partial charge in [-0.3, -0.25) is 19.2 Å². The quantitative estimate of drug-likeness (QED) is 0.416. The molecule has 11 heteroatoms. The van der Waals surface area contributed by atoms with Crippen LogP contribution in [0.1, 0.15) is 27.2 Å². The monoisotopic (exact) mass is 492 g/mol. The number of rotatable bonds is 8. The first-order chi connectivity index (χ1) is 15.7. The Kier molecular flexibility index (Phi) is 8.43. The second-order valence-electron chi connectivity index (χ2n) is 7.78. The number of carboxylic acid groups (broad SMARTS) is 1. The molecule has 0 radical (unpaired) electrons. The molecule has 2 aromatic rings. The van der Waals surface area contributed by atoms with Crippen LogP contribution in [-0.2, 0) is 27.2 Å². The SMILES string of the molecule is CN1CCc2ccc(NC(=O)[C@@H](CNC(=O)CC(=O)O)NC(=O)c3ccc(Cl)s3)cc2CC1. The lowest BCUT2D eigenvalue weighted by atomic mass is 10.0. The number of carbonyl (C=O) groups is 4. The number of anilines is 1. The summed E-state index contributed by atoms with van der Waals surface area (Å²) in [6, 6.07) is 7.69. The van der Waals surface area contributed by atoms with Crippen molar-refractivity contribution in [2.24, 2.45) is 0 Å². The number of carbonyl (C=O) groups excluding carboxylic acids is 3. The van der Waals surface area contributed by atoms with Gasteiger partial charge in [-0.2, -0.15) is 0 Å². The molecule has 0 unspecified atom stereocenters. The summed E-state index contributed by atoms with van der Waals surface area (Å²) < 4.78 is 0.423. The van der Waals surface area contributed by atoms with Crippen LogP contribution in [0.4, 0.5) is 5.69 Å². The number of fused-ring (bicyclic) bond motifs is 1. The molecule has 0 fully saturated rings. The molecule has 0 saturated heterocycles. The first-order valence-electron chi connectivity index (χ1n) is 10.4. The van der Waals surface area contributed by atoms with Crippen molar-refractivity contribution >= 4 is 52.3 Å². The fourth-order valence-electron chi connectivity index (χ4n) is 3.43. The molecule has 3 rings (SSSR count). The number of amides is 3. The predicted octanol–water partition coefficient (Wildman–Crippen LogP) is 1.76. The Morgan fingerprint density at radius 2 is 1.85 bits per heavy atom. The molecule has 1 aliphatic heterocycles. The maximum atomic E-state index is 13.0. The second-order valence-corrected chi connectivity index (χ2v) is 9.50. The third kappa shape index (κ3) is 7.28. The molecule has 0 aliphatic carbocycles. The number of nitrogens with zero attached hydrogens (tertiary/aromatic N) is 1. The number of benzene rings is 1. The number of likely N-dealkylation sites (N-methyl/N-ethyl adjacent to an activating group) is 1. The Morgan fingerprint density at radius 1 is 1.12 bits per heavy atom. The van der Waals surface area contributed by atoms with Gasteiger partial charge < -0.3 is 26.0 Å². The predicted molar refractivity (Wildman–Crippen MR) is 126 cm³/mol. The summed E-state index contributed by atoms with van der Waals surface area (Å²) in [5, 5.41) is 16.5. The van der Waals surface area contributed by atoms with E-state index >= 15 is 0 Å². The van der Waals surface area contributed by atoms with Crippen molar-refractivity contribution in [1.29, 1.82) is 0 Å². The summed E-state index contributed by atoms with van der Waals surface area (Å²) in [5.41, 5.74) is 2.97. The average Bonchev–Trinajstić information content (AvgIpc) is 3.11. The van der Waals surface area contributed by atoms with Gasteiger partial charge in [0.25, 0.3) is 5.91 Å². The normalized spacial score (nSPS) is 14.5. The van der Waals surface area contributed by atoms with Crippen molar-refractivity contribution in [3.05, 3.63) is 50.7 Å². The molecule has 1 aliphatic rings. The molecule has 3 amide bonds. The molecule has 1 aromatic carbocycles. The van der Waals surface area contributed by atoms with Crippen LogP contribution in [0, 0.1) is 0 Å². The van der Waals surface area contributed by atoms with Crippen LogP contribution in [0.15, 0.2) is 30.3 Å². The third-order valence-electron chi connectivity index (χ3n) is 5.23. The average molecular weight is 493 g/mol. The molecule has 0 bridgehead atoms. The highest BCUT2D eigenvalue weighted by molar-refractivity contribution is 7.18. The number of aliphatic carboxylic acids is 1. The van der Waals surface area contributed by atoms with E-state index in [4.69, 9.17) is 16.7 Å². The van der Waals surface area contributed by atoms with Crippen molar-refractivity contribution in [2.45, 2.75) is 25.3 Å². The fourth-order valence-corrected chi connectivity index (χ4v) is 4.38. The molecule has 176 valence electrons. The maximum absolute atomic E-state index is 13.0. The van der Waals surface area contributed by atoms with Crippen molar-refractivity contribution in [1.82, 2.24) is 15.5 Å². The highest BCUT2D eigenvalue weighted by Crippen LogP contribution is 2.22. The molecule has 33 heavy (non-hydrogen) atoms. The van der Waals surface area contributed by atoms with Gasteiger partial charge in [-0.05, 0) is 55.3 Å². The maximum Gasteiger partial charge on any atom is 0.312 e. The van der Waals surface area contributed by atoms with E-state index in [0.717, 1.165) is 42.8 Å². The van der Waals surface area contributed by atoms with E-state index in [9.17, 15) is 19.2 Å². The summed E-state index contributed by atoms with van der Waals surface area (Å²) in [6.07, 6.45) is 1.06. The Morgan fingerprint density at radius 3 is 2.52 bits per heavy atom. The van der Waals surface area contributed by atoms with Crippen LogP contribution in [0.3, 0.4) is 0 Å². The number of thiophene rings is 1. The van der Waals surface area contributed by atoms with Crippen LogP contribution in [0.5, 0.6) is 0 Å². The van der Waals surface area contributed by atoms with E-state index < -0.39 is 36.2 Å². The Hall–Kier alpha value is -2.95. The largest absolute Gasteiger partial charge is 0.481 e. The van der Waals surface area contributed by atoms with Gasteiger partial charge >= 0.3 is 5.97 Å². The van der Waals surface area contributed by atoms with Gasteiger partial charge in [-0.15, -0.1) is 11.3 Å². The molecule has 0 saturated carbocycles. The molecular formula is C22H25ClN4O5S. The number of nitrogens with one attached hydrogen (secondary N) is 3. The fraction of sp³-hybridized carbons (Fsp3) is 0.364. The molecule has 2 heterocycles. The Bertz CT molecular complexity index is 1060. The third-order valence-corrected chi connectivity index (χ3v) is 6.46. The van der Waals surface area contributed by atoms with Gasteiger partial charge in [0.05, 0.1) is 9.21 Å². The molecule has 1 atom stereocenters. The minimum atomic E-state index is -1.29. The highest BCUT2D eigenvalue weighted by atomic mass is 35.5. The lowest BCUT2D eigenvalue weighted by Gasteiger charge is -2.19. The minimum Gasteiger partial charge on any atom is -0.481 e. The van der Waals surface area contributed by atoms with E-state index in [1.165, 1.54) is 11.6 Å². The van der Waals surface area contributed by atoms with Crippen molar-refractivity contribution in [3.63, 3.8) is 0 Å². The molecule has 1 aromatic heterocycles. The summed E-state index contributed by atoms with van der Waals surface area (Å²) in [6.45, 7) is 1.62. The van der Waals surface area contributed by atoms with Gasteiger partial charge in [0, 0.05) is 25.3 Å².